The van der Waals surface area contributed by atoms with Gasteiger partial charge in [-0.05, 0) is 18.6 Å². The summed E-state index contributed by atoms with van der Waals surface area (Å²) in [5.41, 5.74) is 0.771. The summed E-state index contributed by atoms with van der Waals surface area (Å²) >= 11 is 5.78. The molecular weight excluding hydrogens is 228 g/mol. The lowest BCUT2D eigenvalue weighted by molar-refractivity contribution is -0.384. The maximum Gasteiger partial charge on any atom is 0.288 e. The molecule has 0 aliphatic heterocycles. The van der Waals surface area contributed by atoms with Crippen LogP contribution in [0.4, 0.5) is 11.4 Å². The number of nitrogens with zero attached hydrogens (tertiary/aromatic N) is 1. The first kappa shape index (κ1) is 12.8. The third-order valence-corrected chi connectivity index (χ3v) is 2.56. The van der Waals surface area contributed by atoms with Crippen molar-refractivity contribution in [3.8, 4) is 0 Å². The lowest BCUT2D eigenvalue weighted by Gasteiger charge is -2.06. The molecule has 0 saturated heterocycles. The fourth-order valence-corrected chi connectivity index (χ4v) is 1.62. The predicted octanol–water partition coefficient (Wildman–Crippen LogP) is 3.85. The number of nitro benzene ring substituents is 1. The first-order valence-electron chi connectivity index (χ1n) is 5.33. The Morgan fingerprint density at radius 1 is 1.44 bits per heavy atom. The van der Waals surface area contributed by atoms with E-state index in [1.807, 2.05) is 0 Å². The second kappa shape index (κ2) is 6.33. The number of unbranched alkanes of at least 4 members (excludes halogenated alkanes) is 2. The van der Waals surface area contributed by atoms with Gasteiger partial charge in [-0.1, -0.05) is 31.4 Å². The van der Waals surface area contributed by atoms with Crippen molar-refractivity contribution in [3.63, 3.8) is 0 Å². The van der Waals surface area contributed by atoms with Gasteiger partial charge in [0.15, 0.2) is 0 Å². The van der Waals surface area contributed by atoms with Gasteiger partial charge in [0.1, 0.15) is 5.02 Å². The molecule has 0 saturated carbocycles. The smallest absolute Gasteiger partial charge is 0.288 e. The third kappa shape index (κ3) is 3.70. The van der Waals surface area contributed by atoms with Crippen LogP contribution in [0.5, 0.6) is 0 Å². The number of rotatable bonds is 6. The number of hydrogen-bond donors (Lipinski definition) is 1. The zero-order chi connectivity index (χ0) is 12.0. The Morgan fingerprint density at radius 2 is 2.19 bits per heavy atom. The van der Waals surface area contributed by atoms with Gasteiger partial charge < -0.3 is 5.32 Å². The first-order valence-corrected chi connectivity index (χ1v) is 5.70. The maximum atomic E-state index is 10.5. The molecule has 0 unspecified atom stereocenters. The summed E-state index contributed by atoms with van der Waals surface area (Å²) in [6.45, 7) is 3.00. The van der Waals surface area contributed by atoms with Gasteiger partial charge in [0.25, 0.3) is 5.69 Å². The van der Waals surface area contributed by atoms with Crippen molar-refractivity contribution >= 4 is 23.0 Å². The minimum atomic E-state index is -0.483. The predicted molar refractivity (Wildman–Crippen MR) is 66.1 cm³/mol. The van der Waals surface area contributed by atoms with Crippen LogP contribution in [0.15, 0.2) is 18.2 Å². The minimum absolute atomic E-state index is 0.0548. The third-order valence-electron chi connectivity index (χ3n) is 2.25. The van der Waals surface area contributed by atoms with E-state index in [0.29, 0.717) is 0 Å². The van der Waals surface area contributed by atoms with E-state index in [9.17, 15) is 10.1 Å². The Bertz CT molecular complexity index is 369. The van der Waals surface area contributed by atoms with Crippen molar-refractivity contribution < 1.29 is 4.92 Å². The van der Waals surface area contributed by atoms with Crippen molar-refractivity contribution in [2.45, 2.75) is 26.2 Å². The standard InChI is InChI=1S/C11H15ClN2O2/c1-2-3-4-7-13-9-5-6-11(14(15)16)10(12)8-9/h5-6,8,13H,2-4,7H2,1H3. The summed E-state index contributed by atoms with van der Waals surface area (Å²) in [5, 5.41) is 13.9. The van der Waals surface area contributed by atoms with E-state index < -0.39 is 4.92 Å². The van der Waals surface area contributed by atoms with Crippen molar-refractivity contribution in [1.82, 2.24) is 0 Å². The summed E-state index contributed by atoms with van der Waals surface area (Å²) in [4.78, 5) is 10.1. The van der Waals surface area contributed by atoms with Gasteiger partial charge in [-0.2, -0.15) is 0 Å². The number of hydrogen-bond acceptors (Lipinski definition) is 3. The Morgan fingerprint density at radius 3 is 2.75 bits per heavy atom. The fourth-order valence-electron chi connectivity index (χ4n) is 1.37. The van der Waals surface area contributed by atoms with E-state index in [-0.39, 0.29) is 10.7 Å². The number of nitrogens with one attached hydrogen (secondary N) is 1. The molecule has 0 radical (unpaired) electrons. The van der Waals surface area contributed by atoms with E-state index in [1.54, 1.807) is 12.1 Å². The molecule has 1 aromatic carbocycles. The monoisotopic (exact) mass is 242 g/mol. The van der Waals surface area contributed by atoms with Gasteiger partial charge in [0.2, 0.25) is 0 Å². The molecule has 1 rings (SSSR count). The number of benzene rings is 1. The fraction of sp³-hybridized carbons (Fsp3) is 0.455. The molecule has 0 atom stereocenters. The summed E-state index contributed by atoms with van der Waals surface area (Å²) < 4.78 is 0. The summed E-state index contributed by atoms with van der Waals surface area (Å²) in [7, 11) is 0. The Kier molecular flexibility index (Phi) is 5.05. The van der Waals surface area contributed by atoms with E-state index >= 15 is 0 Å². The van der Waals surface area contributed by atoms with Gasteiger partial charge in [0, 0.05) is 18.3 Å². The van der Waals surface area contributed by atoms with Crippen LogP contribution in [-0.2, 0) is 0 Å². The molecule has 0 aromatic heterocycles. The van der Waals surface area contributed by atoms with E-state index in [4.69, 9.17) is 11.6 Å². The van der Waals surface area contributed by atoms with Crippen LogP contribution in [0.3, 0.4) is 0 Å². The lowest BCUT2D eigenvalue weighted by Crippen LogP contribution is -2.01. The van der Waals surface area contributed by atoms with Crippen LogP contribution in [0.1, 0.15) is 26.2 Å². The van der Waals surface area contributed by atoms with Gasteiger partial charge in [-0.25, -0.2) is 0 Å². The topological polar surface area (TPSA) is 55.2 Å². The van der Waals surface area contributed by atoms with Crippen molar-refractivity contribution in [1.29, 1.82) is 0 Å². The molecular formula is C11H15ClN2O2. The molecule has 0 aliphatic rings. The molecule has 0 heterocycles. The van der Waals surface area contributed by atoms with Gasteiger partial charge in [-0.3, -0.25) is 10.1 Å². The summed E-state index contributed by atoms with van der Waals surface area (Å²) in [6.07, 6.45) is 3.43. The van der Waals surface area contributed by atoms with Crippen LogP contribution in [-0.4, -0.2) is 11.5 Å². The number of halogens is 1. The highest BCUT2D eigenvalue weighted by molar-refractivity contribution is 6.32. The van der Waals surface area contributed by atoms with Crippen LogP contribution in [0, 0.1) is 10.1 Å². The van der Waals surface area contributed by atoms with Crippen LogP contribution in [0.2, 0.25) is 5.02 Å². The second-order valence-corrected chi connectivity index (χ2v) is 3.96. The quantitative estimate of drug-likeness (QED) is 0.468. The molecule has 1 aromatic rings. The number of nitro groups is 1. The van der Waals surface area contributed by atoms with E-state index in [2.05, 4.69) is 12.2 Å². The SMILES string of the molecule is CCCCCNc1ccc([N+](=O)[O-])c(Cl)c1. The van der Waals surface area contributed by atoms with Crippen molar-refractivity contribution in [2.75, 3.05) is 11.9 Å². The Balaban J connectivity index is 2.56. The summed E-state index contributed by atoms with van der Waals surface area (Å²) in [5.74, 6) is 0. The molecule has 1 N–H and O–H groups in total. The van der Waals surface area contributed by atoms with Crippen LogP contribution in [0.25, 0.3) is 0 Å². The molecule has 0 spiro atoms. The minimum Gasteiger partial charge on any atom is -0.385 e. The molecule has 0 fully saturated rings. The summed E-state index contributed by atoms with van der Waals surface area (Å²) in [6, 6.07) is 4.69. The van der Waals surface area contributed by atoms with Crippen LogP contribution >= 0.6 is 11.6 Å². The molecule has 0 amide bonds. The van der Waals surface area contributed by atoms with Crippen molar-refractivity contribution in [2.24, 2.45) is 0 Å². The highest BCUT2D eigenvalue weighted by atomic mass is 35.5. The van der Waals surface area contributed by atoms with Gasteiger partial charge >= 0.3 is 0 Å². The lowest BCUT2D eigenvalue weighted by atomic mass is 10.2. The first-order chi connectivity index (χ1) is 7.65. The maximum absolute atomic E-state index is 10.5. The van der Waals surface area contributed by atoms with Gasteiger partial charge in [0.05, 0.1) is 4.92 Å². The van der Waals surface area contributed by atoms with Crippen LogP contribution < -0.4 is 5.32 Å². The largest absolute Gasteiger partial charge is 0.385 e. The molecule has 5 heteroatoms. The molecule has 0 bridgehead atoms. The highest BCUT2D eigenvalue weighted by Gasteiger charge is 2.11. The molecule has 4 nitrogen and oxygen atoms in total. The normalized spacial score (nSPS) is 10.1. The molecule has 0 aliphatic carbocycles. The molecule has 16 heavy (non-hydrogen) atoms. The average Bonchev–Trinajstić information content (AvgIpc) is 2.24. The average molecular weight is 243 g/mol. The molecule has 88 valence electrons. The zero-order valence-electron chi connectivity index (χ0n) is 9.20. The highest BCUT2D eigenvalue weighted by Crippen LogP contribution is 2.27. The van der Waals surface area contributed by atoms with E-state index in [0.717, 1.165) is 18.7 Å². The van der Waals surface area contributed by atoms with Gasteiger partial charge in [-0.15, -0.1) is 0 Å². The number of anilines is 1. The second-order valence-electron chi connectivity index (χ2n) is 3.56. The Labute approximate surface area is 99.8 Å². The van der Waals surface area contributed by atoms with E-state index in [1.165, 1.54) is 18.9 Å². The van der Waals surface area contributed by atoms with Crippen molar-refractivity contribution in [3.05, 3.63) is 33.3 Å². The Hall–Kier alpha value is -1.29. The zero-order valence-corrected chi connectivity index (χ0v) is 9.96.